The van der Waals surface area contributed by atoms with Crippen molar-refractivity contribution in [2.24, 2.45) is 5.92 Å². The first-order chi connectivity index (χ1) is 10.7. The third kappa shape index (κ3) is 4.66. The number of allylic oxidation sites excluding steroid dienone is 2. The Labute approximate surface area is 140 Å². The molecule has 0 aliphatic carbocycles. The predicted octanol–water partition coefficient (Wildman–Crippen LogP) is 2.25. The summed E-state index contributed by atoms with van der Waals surface area (Å²) < 4.78 is 0. The molecule has 4 heteroatoms. The summed E-state index contributed by atoms with van der Waals surface area (Å²) >= 11 is 0. The van der Waals surface area contributed by atoms with Crippen molar-refractivity contribution < 1.29 is 15.3 Å². The maximum absolute atomic E-state index is 10.7. The lowest BCUT2D eigenvalue weighted by Crippen LogP contribution is -2.52. The lowest BCUT2D eigenvalue weighted by Gasteiger charge is -2.43. The number of aliphatic hydroxyl groups is 3. The molecule has 0 spiro atoms. The standard InChI is InChI=1S/C19H33NO3/c1-13(7-8-14(2)18(22)15(3)21)10-16-11-19(4,23)17-6-5-9-20(17)12-16/h8,10,13,15,17-18,21-23H,5-7,9,11-12H2,1-4H3/b14-8+,16-10-/t13-,15-,17+,18-,19+/m1/s1. The van der Waals surface area contributed by atoms with E-state index in [4.69, 9.17) is 0 Å². The third-order valence-corrected chi connectivity index (χ3v) is 5.33. The molecule has 0 amide bonds. The van der Waals surface area contributed by atoms with Gasteiger partial charge in [0.15, 0.2) is 0 Å². The minimum atomic E-state index is -0.782. The molecule has 2 rings (SSSR count). The van der Waals surface area contributed by atoms with Gasteiger partial charge in [0, 0.05) is 12.6 Å². The Morgan fingerprint density at radius 3 is 2.74 bits per heavy atom. The van der Waals surface area contributed by atoms with Crippen LogP contribution in [0.2, 0.25) is 0 Å². The van der Waals surface area contributed by atoms with E-state index in [1.807, 2.05) is 19.9 Å². The van der Waals surface area contributed by atoms with Gasteiger partial charge in [0.2, 0.25) is 0 Å². The molecule has 0 aromatic heterocycles. The highest BCUT2D eigenvalue weighted by molar-refractivity contribution is 5.18. The van der Waals surface area contributed by atoms with Crippen LogP contribution < -0.4 is 0 Å². The van der Waals surface area contributed by atoms with Gasteiger partial charge in [0.25, 0.3) is 0 Å². The number of rotatable bonds is 5. The van der Waals surface area contributed by atoms with Gasteiger partial charge in [0.1, 0.15) is 6.10 Å². The van der Waals surface area contributed by atoms with Crippen molar-refractivity contribution in [3.8, 4) is 0 Å². The van der Waals surface area contributed by atoms with Crippen molar-refractivity contribution >= 4 is 0 Å². The van der Waals surface area contributed by atoms with Gasteiger partial charge in [-0.2, -0.15) is 0 Å². The molecule has 2 aliphatic rings. The van der Waals surface area contributed by atoms with Crippen molar-refractivity contribution in [2.45, 2.75) is 77.2 Å². The minimum Gasteiger partial charge on any atom is -0.390 e. The average Bonchev–Trinajstić information content (AvgIpc) is 2.92. The number of fused-ring (bicyclic) bond motifs is 1. The van der Waals surface area contributed by atoms with E-state index in [-0.39, 0.29) is 0 Å². The molecular weight excluding hydrogens is 290 g/mol. The van der Waals surface area contributed by atoms with Crippen LogP contribution in [0, 0.1) is 5.92 Å². The predicted molar refractivity (Wildman–Crippen MR) is 93.1 cm³/mol. The fourth-order valence-corrected chi connectivity index (χ4v) is 4.07. The van der Waals surface area contributed by atoms with Crippen LogP contribution in [0.4, 0.5) is 0 Å². The zero-order chi connectivity index (χ0) is 17.2. The van der Waals surface area contributed by atoms with E-state index in [2.05, 4.69) is 17.9 Å². The van der Waals surface area contributed by atoms with Gasteiger partial charge in [-0.1, -0.05) is 24.6 Å². The molecule has 0 aromatic carbocycles. The van der Waals surface area contributed by atoms with Crippen LogP contribution >= 0.6 is 0 Å². The third-order valence-electron chi connectivity index (χ3n) is 5.33. The molecule has 0 radical (unpaired) electrons. The average molecular weight is 323 g/mol. The summed E-state index contributed by atoms with van der Waals surface area (Å²) in [6, 6.07) is 0.318. The molecule has 4 nitrogen and oxygen atoms in total. The Morgan fingerprint density at radius 2 is 2.09 bits per heavy atom. The van der Waals surface area contributed by atoms with E-state index in [9.17, 15) is 15.3 Å². The second kappa shape index (κ2) is 7.47. The highest BCUT2D eigenvalue weighted by atomic mass is 16.3. The summed E-state index contributed by atoms with van der Waals surface area (Å²) in [5.74, 6) is 0.358. The highest BCUT2D eigenvalue weighted by Crippen LogP contribution is 2.37. The van der Waals surface area contributed by atoms with E-state index in [1.165, 1.54) is 12.0 Å². The lowest BCUT2D eigenvalue weighted by atomic mass is 9.82. The van der Waals surface area contributed by atoms with Crippen LogP contribution in [0.1, 0.15) is 53.4 Å². The maximum atomic E-state index is 10.7. The Balaban J connectivity index is 1.97. The fraction of sp³-hybridized carbons (Fsp3) is 0.789. The first-order valence-corrected chi connectivity index (χ1v) is 8.89. The topological polar surface area (TPSA) is 63.9 Å². The van der Waals surface area contributed by atoms with Crippen molar-refractivity contribution in [3.05, 3.63) is 23.3 Å². The summed E-state index contributed by atoms with van der Waals surface area (Å²) in [6.07, 6.45) is 6.66. The monoisotopic (exact) mass is 323 g/mol. The molecule has 2 fully saturated rings. The lowest BCUT2D eigenvalue weighted by molar-refractivity contribution is -0.0330. The van der Waals surface area contributed by atoms with Crippen LogP contribution in [0.3, 0.4) is 0 Å². The number of hydrogen-bond donors (Lipinski definition) is 3. The second-order valence-corrected chi connectivity index (χ2v) is 7.83. The molecule has 0 saturated carbocycles. The van der Waals surface area contributed by atoms with Crippen LogP contribution in [0.5, 0.6) is 0 Å². The smallest absolute Gasteiger partial charge is 0.100 e. The summed E-state index contributed by atoms with van der Waals surface area (Å²) in [7, 11) is 0. The molecule has 23 heavy (non-hydrogen) atoms. The molecule has 0 bridgehead atoms. The quantitative estimate of drug-likeness (QED) is 0.679. The summed E-state index contributed by atoms with van der Waals surface area (Å²) in [5, 5.41) is 30.0. The van der Waals surface area contributed by atoms with Crippen LogP contribution in [0.25, 0.3) is 0 Å². The number of hydrogen-bond acceptors (Lipinski definition) is 4. The SMILES string of the molecule is C/C(=C\C[C@@H](C)/C=C1\CN2CCC[C@H]2[C@@](C)(O)C1)[C@@H](O)[C@@H](C)O. The van der Waals surface area contributed by atoms with Crippen molar-refractivity contribution in [1.29, 1.82) is 0 Å². The van der Waals surface area contributed by atoms with E-state index in [1.54, 1.807) is 6.92 Å². The minimum absolute atomic E-state index is 0.318. The fourth-order valence-electron chi connectivity index (χ4n) is 4.07. The van der Waals surface area contributed by atoms with Crippen LogP contribution in [-0.4, -0.2) is 57.2 Å². The van der Waals surface area contributed by atoms with Crippen molar-refractivity contribution in [3.63, 3.8) is 0 Å². The van der Waals surface area contributed by atoms with Crippen molar-refractivity contribution in [2.75, 3.05) is 13.1 Å². The van der Waals surface area contributed by atoms with E-state index < -0.39 is 17.8 Å². The van der Waals surface area contributed by atoms with Gasteiger partial charge in [-0.25, -0.2) is 0 Å². The Morgan fingerprint density at radius 1 is 1.39 bits per heavy atom. The molecule has 5 atom stereocenters. The van der Waals surface area contributed by atoms with E-state index in [0.29, 0.717) is 12.0 Å². The van der Waals surface area contributed by atoms with Gasteiger partial charge in [-0.05, 0) is 64.5 Å². The summed E-state index contributed by atoms with van der Waals surface area (Å²) in [6.45, 7) is 9.66. The first-order valence-electron chi connectivity index (χ1n) is 8.89. The van der Waals surface area contributed by atoms with Gasteiger partial charge >= 0.3 is 0 Å². The zero-order valence-corrected chi connectivity index (χ0v) is 15.0. The van der Waals surface area contributed by atoms with Gasteiger partial charge in [-0.3, -0.25) is 4.90 Å². The molecular formula is C19H33NO3. The molecule has 3 N–H and O–H groups in total. The molecule has 2 aliphatic heterocycles. The second-order valence-electron chi connectivity index (χ2n) is 7.83. The Kier molecular flexibility index (Phi) is 6.06. The molecule has 2 saturated heterocycles. The van der Waals surface area contributed by atoms with Gasteiger partial charge in [0.05, 0.1) is 11.7 Å². The highest BCUT2D eigenvalue weighted by Gasteiger charge is 2.43. The number of nitrogens with zero attached hydrogens (tertiary/aromatic N) is 1. The van der Waals surface area contributed by atoms with E-state index >= 15 is 0 Å². The largest absolute Gasteiger partial charge is 0.390 e. The Hall–Kier alpha value is -0.680. The number of aliphatic hydroxyl groups excluding tert-OH is 2. The van der Waals surface area contributed by atoms with E-state index in [0.717, 1.165) is 37.9 Å². The maximum Gasteiger partial charge on any atom is 0.100 e. The zero-order valence-electron chi connectivity index (χ0n) is 15.0. The van der Waals surface area contributed by atoms with Gasteiger partial charge in [-0.15, -0.1) is 0 Å². The molecule has 132 valence electrons. The van der Waals surface area contributed by atoms with Crippen LogP contribution in [-0.2, 0) is 0 Å². The number of piperidine rings is 1. The van der Waals surface area contributed by atoms with Gasteiger partial charge < -0.3 is 15.3 Å². The normalized spacial score (nSPS) is 35.2. The van der Waals surface area contributed by atoms with Crippen molar-refractivity contribution in [1.82, 2.24) is 4.90 Å². The Bertz CT molecular complexity index is 467. The summed E-state index contributed by atoms with van der Waals surface area (Å²) in [5.41, 5.74) is 1.53. The van der Waals surface area contributed by atoms with Crippen LogP contribution in [0.15, 0.2) is 23.3 Å². The molecule has 2 heterocycles. The first kappa shape index (κ1) is 18.7. The molecule has 0 unspecified atom stereocenters. The molecule has 0 aromatic rings. The summed E-state index contributed by atoms with van der Waals surface area (Å²) in [4.78, 5) is 2.42.